The lowest BCUT2D eigenvalue weighted by molar-refractivity contribution is -0.385. The molecule has 1 heterocycles. The highest BCUT2D eigenvalue weighted by atomic mass is 16.6. The molecule has 0 saturated carbocycles. The number of hydrogen-bond donors (Lipinski definition) is 2. The minimum atomic E-state index is -0.511. The molecule has 108 valence electrons. The SMILES string of the molecule is Cc1cccc([N+](=O)[O-])c1C(=O)NCCC1CCNC1. The van der Waals surface area contributed by atoms with Gasteiger partial charge in [0.25, 0.3) is 11.6 Å². The fourth-order valence-corrected chi connectivity index (χ4v) is 2.54. The van der Waals surface area contributed by atoms with E-state index in [-0.39, 0.29) is 17.2 Å². The van der Waals surface area contributed by atoms with Crippen LogP contribution in [0.2, 0.25) is 0 Å². The molecule has 0 aromatic heterocycles. The molecular weight excluding hydrogens is 258 g/mol. The highest BCUT2D eigenvalue weighted by Crippen LogP contribution is 2.21. The van der Waals surface area contributed by atoms with Gasteiger partial charge in [-0.3, -0.25) is 14.9 Å². The third-order valence-corrected chi connectivity index (χ3v) is 3.68. The Hall–Kier alpha value is -1.95. The van der Waals surface area contributed by atoms with Crippen molar-refractivity contribution in [2.45, 2.75) is 19.8 Å². The maximum Gasteiger partial charge on any atom is 0.282 e. The molecule has 1 atom stereocenters. The first-order chi connectivity index (χ1) is 9.59. The van der Waals surface area contributed by atoms with Gasteiger partial charge in [-0.25, -0.2) is 0 Å². The molecular formula is C14H19N3O3. The van der Waals surface area contributed by atoms with Crippen LogP contribution >= 0.6 is 0 Å². The number of aryl methyl sites for hydroxylation is 1. The second-order valence-corrected chi connectivity index (χ2v) is 5.13. The molecule has 1 unspecified atom stereocenters. The summed E-state index contributed by atoms with van der Waals surface area (Å²) in [4.78, 5) is 22.6. The largest absolute Gasteiger partial charge is 0.352 e. The number of nitrogens with one attached hydrogen (secondary N) is 2. The van der Waals surface area contributed by atoms with Crippen LogP contribution in [0, 0.1) is 23.0 Å². The molecule has 1 aromatic carbocycles. The molecule has 0 radical (unpaired) electrons. The lowest BCUT2D eigenvalue weighted by Gasteiger charge is -2.10. The van der Waals surface area contributed by atoms with Gasteiger partial charge in [0.2, 0.25) is 0 Å². The zero-order valence-corrected chi connectivity index (χ0v) is 11.5. The number of rotatable bonds is 5. The lowest BCUT2D eigenvalue weighted by atomic mass is 10.0. The smallest absolute Gasteiger partial charge is 0.282 e. The topological polar surface area (TPSA) is 84.3 Å². The van der Waals surface area contributed by atoms with Crippen molar-refractivity contribution >= 4 is 11.6 Å². The number of benzene rings is 1. The summed E-state index contributed by atoms with van der Waals surface area (Å²) in [6.45, 7) is 4.28. The molecule has 0 bridgehead atoms. The maximum absolute atomic E-state index is 12.1. The van der Waals surface area contributed by atoms with Gasteiger partial charge in [0.15, 0.2) is 0 Å². The number of carbonyl (C=O) groups is 1. The normalized spacial score (nSPS) is 17.9. The number of nitro benzene ring substituents is 1. The average molecular weight is 277 g/mol. The van der Waals surface area contributed by atoms with Gasteiger partial charge in [-0.15, -0.1) is 0 Å². The predicted molar refractivity (Wildman–Crippen MR) is 75.8 cm³/mol. The van der Waals surface area contributed by atoms with E-state index in [1.807, 2.05) is 0 Å². The maximum atomic E-state index is 12.1. The Balaban J connectivity index is 1.99. The molecule has 20 heavy (non-hydrogen) atoms. The summed E-state index contributed by atoms with van der Waals surface area (Å²) in [5, 5.41) is 17.0. The summed E-state index contributed by atoms with van der Waals surface area (Å²) in [5.41, 5.74) is 0.659. The fourth-order valence-electron chi connectivity index (χ4n) is 2.54. The fraction of sp³-hybridized carbons (Fsp3) is 0.500. The van der Waals surface area contributed by atoms with Crippen LogP contribution in [0.4, 0.5) is 5.69 Å². The highest BCUT2D eigenvalue weighted by molar-refractivity contribution is 5.99. The van der Waals surface area contributed by atoms with Crippen LogP contribution in [-0.2, 0) is 0 Å². The van der Waals surface area contributed by atoms with E-state index in [1.54, 1.807) is 19.1 Å². The number of hydrogen-bond acceptors (Lipinski definition) is 4. The van der Waals surface area contributed by atoms with E-state index in [2.05, 4.69) is 10.6 Å². The summed E-state index contributed by atoms with van der Waals surface area (Å²) in [6.07, 6.45) is 2.03. The number of nitro groups is 1. The number of carbonyl (C=O) groups excluding carboxylic acids is 1. The Bertz CT molecular complexity index is 510. The molecule has 2 N–H and O–H groups in total. The first-order valence-corrected chi connectivity index (χ1v) is 6.82. The van der Waals surface area contributed by atoms with Gasteiger partial charge in [0.1, 0.15) is 5.56 Å². The van der Waals surface area contributed by atoms with Gasteiger partial charge in [-0.2, -0.15) is 0 Å². The van der Waals surface area contributed by atoms with Crippen LogP contribution in [0.25, 0.3) is 0 Å². The van der Waals surface area contributed by atoms with Gasteiger partial charge in [0, 0.05) is 12.6 Å². The Morgan fingerprint density at radius 2 is 2.35 bits per heavy atom. The van der Waals surface area contributed by atoms with E-state index in [0.29, 0.717) is 18.0 Å². The molecule has 1 aromatic rings. The van der Waals surface area contributed by atoms with Crippen LogP contribution < -0.4 is 10.6 Å². The van der Waals surface area contributed by atoms with Crippen molar-refractivity contribution < 1.29 is 9.72 Å². The van der Waals surface area contributed by atoms with Crippen molar-refractivity contribution in [2.24, 2.45) is 5.92 Å². The minimum absolute atomic E-state index is 0.134. The van der Waals surface area contributed by atoms with Crippen molar-refractivity contribution in [3.8, 4) is 0 Å². The van der Waals surface area contributed by atoms with E-state index in [4.69, 9.17) is 0 Å². The average Bonchev–Trinajstić information content (AvgIpc) is 2.91. The van der Waals surface area contributed by atoms with E-state index >= 15 is 0 Å². The van der Waals surface area contributed by atoms with Crippen LogP contribution in [0.15, 0.2) is 18.2 Å². The van der Waals surface area contributed by atoms with Crippen LogP contribution in [0.3, 0.4) is 0 Å². The van der Waals surface area contributed by atoms with Crippen LogP contribution in [-0.4, -0.2) is 30.5 Å². The molecule has 0 spiro atoms. The van der Waals surface area contributed by atoms with Gasteiger partial charge in [0.05, 0.1) is 4.92 Å². The van der Waals surface area contributed by atoms with Crippen molar-refractivity contribution in [3.05, 3.63) is 39.4 Å². The Morgan fingerprint density at radius 1 is 1.55 bits per heavy atom. The second kappa shape index (κ2) is 6.47. The van der Waals surface area contributed by atoms with Gasteiger partial charge in [-0.05, 0) is 44.3 Å². The van der Waals surface area contributed by atoms with Crippen LogP contribution in [0.5, 0.6) is 0 Å². The summed E-state index contributed by atoms with van der Waals surface area (Å²) in [7, 11) is 0. The van der Waals surface area contributed by atoms with Crippen molar-refractivity contribution in [2.75, 3.05) is 19.6 Å². The first-order valence-electron chi connectivity index (χ1n) is 6.82. The van der Waals surface area contributed by atoms with E-state index in [1.165, 1.54) is 6.07 Å². The lowest BCUT2D eigenvalue weighted by Crippen LogP contribution is -2.27. The predicted octanol–water partition coefficient (Wildman–Crippen LogP) is 1.63. The standard InChI is InChI=1S/C14H19N3O3/c1-10-3-2-4-12(17(19)20)13(10)14(18)16-8-6-11-5-7-15-9-11/h2-4,11,15H,5-9H2,1H3,(H,16,18). The van der Waals surface area contributed by atoms with Crippen molar-refractivity contribution in [3.63, 3.8) is 0 Å². The first kappa shape index (κ1) is 14.5. The second-order valence-electron chi connectivity index (χ2n) is 5.13. The molecule has 1 amide bonds. The number of amides is 1. The van der Waals surface area contributed by atoms with E-state index in [0.717, 1.165) is 25.9 Å². The summed E-state index contributed by atoms with van der Waals surface area (Å²) in [5.74, 6) is 0.225. The summed E-state index contributed by atoms with van der Waals surface area (Å²) < 4.78 is 0. The summed E-state index contributed by atoms with van der Waals surface area (Å²) >= 11 is 0. The molecule has 6 heteroatoms. The van der Waals surface area contributed by atoms with E-state index < -0.39 is 4.92 Å². The third kappa shape index (κ3) is 3.33. The molecule has 6 nitrogen and oxygen atoms in total. The minimum Gasteiger partial charge on any atom is -0.352 e. The molecule has 1 aliphatic rings. The van der Waals surface area contributed by atoms with Gasteiger partial charge in [-0.1, -0.05) is 12.1 Å². The van der Waals surface area contributed by atoms with Crippen molar-refractivity contribution in [1.29, 1.82) is 0 Å². The Labute approximate surface area is 117 Å². The molecule has 1 aliphatic heterocycles. The van der Waals surface area contributed by atoms with Crippen molar-refractivity contribution in [1.82, 2.24) is 10.6 Å². The third-order valence-electron chi connectivity index (χ3n) is 3.68. The molecule has 0 aliphatic carbocycles. The zero-order chi connectivity index (χ0) is 14.5. The van der Waals surface area contributed by atoms with Crippen LogP contribution in [0.1, 0.15) is 28.8 Å². The monoisotopic (exact) mass is 277 g/mol. The Morgan fingerprint density at radius 3 is 3.00 bits per heavy atom. The molecule has 2 rings (SSSR count). The summed E-state index contributed by atoms with van der Waals surface area (Å²) in [6, 6.07) is 4.67. The molecule has 1 fully saturated rings. The number of nitrogens with zero attached hydrogens (tertiary/aromatic N) is 1. The zero-order valence-electron chi connectivity index (χ0n) is 11.5. The molecule has 1 saturated heterocycles. The van der Waals surface area contributed by atoms with E-state index in [9.17, 15) is 14.9 Å². The quantitative estimate of drug-likeness (QED) is 0.633. The highest BCUT2D eigenvalue weighted by Gasteiger charge is 2.22. The Kier molecular flexibility index (Phi) is 4.68. The van der Waals surface area contributed by atoms with Gasteiger partial charge < -0.3 is 10.6 Å². The van der Waals surface area contributed by atoms with Gasteiger partial charge >= 0.3 is 0 Å².